The van der Waals surface area contributed by atoms with Crippen molar-refractivity contribution in [2.45, 2.75) is 35.9 Å². The zero-order valence-corrected chi connectivity index (χ0v) is 16.0. The Bertz CT molecular complexity index is 716. The standard InChI is InChI=1S/C17H25N3O3S2/c21-17-15(6-9-19(17)13-14-4-5-14)18-7-2-8-20(11-10-18)25(22,23)16-3-1-12-24-16/h1,3,12,14-15H,2,4-11,13H2/t15-/m1/s1. The molecule has 0 N–H and O–H groups in total. The van der Waals surface area contributed by atoms with Gasteiger partial charge in [-0.25, -0.2) is 8.42 Å². The van der Waals surface area contributed by atoms with E-state index in [1.54, 1.807) is 21.8 Å². The molecule has 1 saturated carbocycles. The van der Waals surface area contributed by atoms with Gasteiger partial charge in [-0.15, -0.1) is 11.3 Å². The number of rotatable bonds is 5. The van der Waals surface area contributed by atoms with Crippen LogP contribution in [0.3, 0.4) is 0 Å². The van der Waals surface area contributed by atoms with Gasteiger partial charge < -0.3 is 4.90 Å². The van der Waals surface area contributed by atoms with Crippen molar-refractivity contribution in [1.82, 2.24) is 14.1 Å². The molecule has 138 valence electrons. The summed E-state index contributed by atoms with van der Waals surface area (Å²) in [7, 11) is -3.39. The Morgan fingerprint density at radius 2 is 1.92 bits per heavy atom. The van der Waals surface area contributed by atoms with E-state index in [2.05, 4.69) is 4.90 Å². The van der Waals surface area contributed by atoms with E-state index in [1.807, 2.05) is 4.90 Å². The number of thiophene rings is 1. The first-order valence-electron chi connectivity index (χ1n) is 9.12. The van der Waals surface area contributed by atoms with Crippen molar-refractivity contribution in [3.05, 3.63) is 17.5 Å². The van der Waals surface area contributed by atoms with Crippen LogP contribution in [0.2, 0.25) is 0 Å². The number of likely N-dealkylation sites (tertiary alicyclic amines) is 1. The number of nitrogens with zero attached hydrogens (tertiary/aromatic N) is 3. The zero-order chi connectivity index (χ0) is 17.4. The minimum atomic E-state index is -3.39. The molecule has 8 heteroatoms. The van der Waals surface area contributed by atoms with Gasteiger partial charge in [-0.2, -0.15) is 4.31 Å². The SMILES string of the molecule is O=C1[C@H](N2CCCN(S(=O)(=O)c3cccs3)CC2)CCN1CC1CC1. The Morgan fingerprint density at radius 1 is 1.08 bits per heavy atom. The predicted octanol–water partition coefficient (Wildman–Crippen LogP) is 1.46. The monoisotopic (exact) mass is 383 g/mol. The number of carbonyl (C=O) groups is 1. The van der Waals surface area contributed by atoms with Gasteiger partial charge >= 0.3 is 0 Å². The summed E-state index contributed by atoms with van der Waals surface area (Å²) in [5.74, 6) is 0.972. The third-order valence-electron chi connectivity index (χ3n) is 5.46. The van der Waals surface area contributed by atoms with Gasteiger partial charge in [0.05, 0.1) is 6.04 Å². The number of sulfonamides is 1. The summed E-state index contributed by atoms with van der Waals surface area (Å²) in [4.78, 5) is 16.9. The minimum absolute atomic E-state index is 0.0526. The quantitative estimate of drug-likeness (QED) is 0.772. The molecule has 1 aliphatic carbocycles. The predicted molar refractivity (Wildman–Crippen MR) is 97.0 cm³/mol. The summed E-state index contributed by atoms with van der Waals surface area (Å²) < 4.78 is 27.4. The molecule has 3 aliphatic rings. The molecule has 6 nitrogen and oxygen atoms in total. The molecule has 3 fully saturated rings. The van der Waals surface area contributed by atoms with E-state index in [-0.39, 0.29) is 11.9 Å². The Morgan fingerprint density at radius 3 is 2.64 bits per heavy atom. The maximum atomic E-state index is 12.7. The molecule has 1 atom stereocenters. The number of hydrogen-bond donors (Lipinski definition) is 0. The second-order valence-corrected chi connectivity index (χ2v) is 10.4. The molecule has 2 aliphatic heterocycles. The summed E-state index contributed by atoms with van der Waals surface area (Å²) in [6.45, 7) is 4.20. The smallest absolute Gasteiger partial charge is 0.252 e. The summed E-state index contributed by atoms with van der Waals surface area (Å²) >= 11 is 1.26. The van der Waals surface area contributed by atoms with E-state index in [0.29, 0.717) is 23.8 Å². The van der Waals surface area contributed by atoms with E-state index < -0.39 is 10.0 Å². The molecule has 2 saturated heterocycles. The lowest BCUT2D eigenvalue weighted by Gasteiger charge is -2.26. The van der Waals surface area contributed by atoms with E-state index in [4.69, 9.17) is 0 Å². The van der Waals surface area contributed by atoms with Gasteiger partial charge in [-0.3, -0.25) is 9.69 Å². The van der Waals surface area contributed by atoms with Crippen molar-refractivity contribution >= 4 is 27.3 Å². The van der Waals surface area contributed by atoms with E-state index in [0.717, 1.165) is 38.4 Å². The third-order valence-corrected chi connectivity index (χ3v) is 8.74. The normalized spacial score (nSPS) is 27.0. The maximum Gasteiger partial charge on any atom is 0.252 e. The highest BCUT2D eigenvalue weighted by Crippen LogP contribution is 2.32. The lowest BCUT2D eigenvalue weighted by Crippen LogP contribution is -2.44. The topological polar surface area (TPSA) is 60.9 Å². The Labute approximate surface area is 153 Å². The summed E-state index contributed by atoms with van der Waals surface area (Å²) in [6.07, 6.45) is 4.17. The molecule has 1 aromatic heterocycles. The van der Waals surface area contributed by atoms with Gasteiger partial charge in [0, 0.05) is 39.3 Å². The molecular formula is C17H25N3O3S2. The first kappa shape index (κ1) is 17.5. The van der Waals surface area contributed by atoms with Crippen LogP contribution in [0.25, 0.3) is 0 Å². The van der Waals surface area contributed by atoms with Crippen LogP contribution in [-0.4, -0.2) is 73.7 Å². The number of hydrogen-bond acceptors (Lipinski definition) is 5. The van der Waals surface area contributed by atoms with Crippen LogP contribution in [0.4, 0.5) is 0 Å². The Hall–Kier alpha value is -0.960. The van der Waals surface area contributed by atoms with Crippen molar-refractivity contribution in [1.29, 1.82) is 0 Å². The van der Waals surface area contributed by atoms with Gasteiger partial charge in [0.1, 0.15) is 4.21 Å². The summed E-state index contributed by atoms with van der Waals surface area (Å²) in [5.41, 5.74) is 0. The van der Waals surface area contributed by atoms with Crippen molar-refractivity contribution in [3.8, 4) is 0 Å². The van der Waals surface area contributed by atoms with Crippen LogP contribution in [-0.2, 0) is 14.8 Å². The fourth-order valence-corrected chi connectivity index (χ4v) is 6.47. The molecule has 0 aromatic carbocycles. The highest BCUT2D eigenvalue weighted by molar-refractivity contribution is 7.91. The van der Waals surface area contributed by atoms with Gasteiger partial charge in [0.25, 0.3) is 10.0 Å². The lowest BCUT2D eigenvalue weighted by atomic mass is 10.2. The van der Waals surface area contributed by atoms with Crippen molar-refractivity contribution < 1.29 is 13.2 Å². The van der Waals surface area contributed by atoms with Gasteiger partial charge in [0.2, 0.25) is 5.91 Å². The molecular weight excluding hydrogens is 358 g/mol. The van der Waals surface area contributed by atoms with Gasteiger partial charge in [-0.1, -0.05) is 6.07 Å². The molecule has 25 heavy (non-hydrogen) atoms. The van der Waals surface area contributed by atoms with Gasteiger partial charge in [-0.05, 0) is 43.0 Å². The molecule has 3 heterocycles. The Balaban J connectivity index is 1.39. The fraction of sp³-hybridized carbons (Fsp3) is 0.706. The van der Waals surface area contributed by atoms with Crippen LogP contribution in [0.15, 0.2) is 21.7 Å². The van der Waals surface area contributed by atoms with Gasteiger partial charge in [0.15, 0.2) is 0 Å². The molecule has 0 bridgehead atoms. The van der Waals surface area contributed by atoms with Crippen LogP contribution in [0.1, 0.15) is 25.7 Å². The average molecular weight is 384 g/mol. The highest BCUT2D eigenvalue weighted by atomic mass is 32.2. The minimum Gasteiger partial charge on any atom is -0.341 e. The zero-order valence-electron chi connectivity index (χ0n) is 14.3. The lowest BCUT2D eigenvalue weighted by molar-refractivity contribution is -0.132. The first-order valence-corrected chi connectivity index (χ1v) is 11.4. The van der Waals surface area contributed by atoms with E-state index >= 15 is 0 Å². The van der Waals surface area contributed by atoms with E-state index in [9.17, 15) is 13.2 Å². The maximum absolute atomic E-state index is 12.7. The fourth-order valence-electron chi connectivity index (χ4n) is 3.86. The second kappa shape index (κ2) is 6.98. The average Bonchev–Trinajstić information content (AvgIpc) is 3.18. The number of amides is 1. The highest BCUT2D eigenvalue weighted by Gasteiger charge is 2.39. The summed E-state index contributed by atoms with van der Waals surface area (Å²) in [6, 6.07) is 3.38. The largest absolute Gasteiger partial charge is 0.341 e. The second-order valence-electron chi connectivity index (χ2n) is 7.26. The molecule has 1 aromatic rings. The molecule has 0 unspecified atom stereocenters. The third kappa shape index (κ3) is 3.63. The van der Waals surface area contributed by atoms with Crippen molar-refractivity contribution in [3.63, 3.8) is 0 Å². The van der Waals surface area contributed by atoms with Crippen LogP contribution in [0, 0.1) is 5.92 Å². The molecule has 0 spiro atoms. The van der Waals surface area contributed by atoms with Crippen molar-refractivity contribution in [2.75, 3.05) is 39.3 Å². The van der Waals surface area contributed by atoms with E-state index in [1.165, 1.54) is 24.2 Å². The summed E-state index contributed by atoms with van der Waals surface area (Å²) in [5, 5.41) is 1.79. The Kier molecular flexibility index (Phi) is 4.87. The first-order chi connectivity index (χ1) is 12.1. The molecule has 1 amide bonds. The molecule has 0 radical (unpaired) electrons. The van der Waals surface area contributed by atoms with Crippen molar-refractivity contribution in [2.24, 2.45) is 5.92 Å². The van der Waals surface area contributed by atoms with Crippen LogP contribution in [0.5, 0.6) is 0 Å². The number of carbonyl (C=O) groups excluding carboxylic acids is 1. The molecule has 4 rings (SSSR count). The van der Waals surface area contributed by atoms with Crippen LogP contribution >= 0.6 is 11.3 Å². The van der Waals surface area contributed by atoms with Crippen LogP contribution < -0.4 is 0 Å².